The number of fused-ring (bicyclic) bond motifs is 1. The topological polar surface area (TPSA) is 67.8 Å². The predicted molar refractivity (Wildman–Crippen MR) is 101 cm³/mol. The number of aliphatic imine (C=N–C) groups is 1. The first-order valence-electron chi connectivity index (χ1n) is 8.62. The van der Waals surface area contributed by atoms with Crippen molar-refractivity contribution in [3.63, 3.8) is 0 Å². The molecule has 0 saturated carbocycles. The van der Waals surface area contributed by atoms with E-state index in [9.17, 15) is 13.2 Å². The molecule has 0 bridgehead atoms. The van der Waals surface area contributed by atoms with Crippen LogP contribution in [0.4, 0.5) is 13.2 Å². The Morgan fingerprint density at radius 1 is 1.36 bits per heavy atom. The molecule has 1 unspecified atom stereocenters. The Balaban J connectivity index is 1.60. The fourth-order valence-electron chi connectivity index (χ4n) is 2.89. The van der Waals surface area contributed by atoms with Gasteiger partial charge in [-0.25, -0.2) is 4.98 Å². The van der Waals surface area contributed by atoms with Crippen molar-refractivity contribution in [2.45, 2.75) is 38.7 Å². The van der Waals surface area contributed by atoms with Crippen molar-refractivity contribution in [2.75, 3.05) is 14.2 Å². The Morgan fingerprint density at radius 2 is 2.11 bits per heavy atom. The summed E-state index contributed by atoms with van der Waals surface area (Å²) in [6.07, 6.45) is -3.45. The number of rotatable bonds is 5. The van der Waals surface area contributed by atoms with Crippen LogP contribution in [0.1, 0.15) is 28.8 Å². The summed E-state index contributed by atoms with van der Waals surface area (Å²) in [4.78, 5) is 7.68. The molecule has 0 saturated heterocycles. The Hall–Kier alpha value is -2.49. The van der Waals surface area contributed by atoms with E-state index in [-0.39, 0.29) is 12.6 Å². The number of halogens is 3. The number of alkyl halides is 3. The van der Waals surface area contributed by atoms with E-state index < -0.39 is 11.9 Å². The first kappa shape index (κ1) is 20.2. The molecule has 10 heteroatoms. The monoisotopic (exact) mass is 414 g/mol. The van der Waals surface area contributed by atoms with Crippen LogP contribution in [0.5, 0.6) is 11.5 Å². The van der Waals surface area contributed by atoms with Gasteiger partial charge in [0.05, 0.1) is 13.7 Å². The first-order chi connectivity index (χ1) is 13.3. The van der Waals surface area contributed by atoms with Gasteiger partial charge in [0.25, 0.3) is 0 Å². The molecule has 1 aromatic heterocycles. The number of nitrogens with zero attached hydrogens (tertiary/aromatic N) is 2. The summed E-state index contributed by atoms with van der Waals surface area (Å²) in [6, 6.07) is 3.91. The van der Waals surface area contributed by atoms with Gasteiger partial charge in [0, 0.05) is 36.5 Å². The van der Waals surface area contributed by atoms with E-state index in [2.05, 4.69) is 20.6 Å². The van der Waals surface area contributed by atoms with Gasteiger partial charge < -0.3 is 20.1 Å². The van der Waals surface area contributed by atoms with Gasteiger partial charge in [0.2, 0.25) is 0 Å². The minimum absolute atomic E-state index is 0.136. The number of thiazole rings is 1. The molecular formula is C18H21F3N4O2S. The van der Waals surface area contributed by atoms with E-state index in [1.54, 1.807) is 14.2 Å². The van der Waals surface area contributed by atoms with E-state index in [1.807, 2.05) is 19.1 Å². The van der Waals surface area contributed by atoms with Crippen LogP contribution >= 0.6 is 11.3 Å². The summed E-state index contributed by atoms with van der Waals surface area (Å²) >= 11 is 0.950. The number of aromatic nitrogens is 1. The van der Waals surface area contributed by atoms with Crippen molar-refractivity contribution in [1.82, 2.24) is 15.6 Å². The van der Waals surface area contributed by atoms with Gasteiger partial charge in [0.15, 0.2) is 11.7 Å². The van der Waals surface area contributed by atoms with Gasteiger partial charge in [-0.2, -0.15) is 13.2 Å². The van der Waals surface area contributed by atoms with E-state index >= 15 is 0 Å². The average Bonchev–Trinajstić information content (AvgIpc) is 3.26. The molecule has 0 aliphatic carbocycles. The zero-order valence-electron chi connectivity index (χ0n) is 15.7. The quantitative estimate of drug-likeness (QED) is 0.580. The molecule has 0 amide bonds. The summed E-state index contributed by atoms with van der Waals surface area (Å²) < 4.78 is 49.1. The highest BCUT2D eigenvalue weighted by Gasteiger charge is 2.33. The molecule has 0 radical (unpaired) electrons. The molecule has 1 aliphatic rings. The lowest BCUT2D eigenvalue weighted by Crippen LogP contribution is -2.36. The van der Waals surface area contributed by atoms with E-state index in [0.717, 1.165) is 45.8 Å². The van der Waals surface area contributed by atoms with E-state index in [1.165, 1.54) is 0 Å². The maximum atomic E-state index is 12.6. The highest BCUT2D eigenvalue weighted by molar-refractivity contribution is 7.09. The highest BCUT2D eigenvalue weighted by Crippen LogP contribution is 2.35. The van der Waals surface area contributed by atoms with Crippen LogP contribution in [-0.2, 0) is 25.7 Å². The molecule has 2 aromatic rings. The lowest BCUT2D eigenvalue weighted by Gasteiger charge is -2.14. The molecule has 0 spiro atoms. The molecule has 6 nitrogen and oxygen atoms in total. The molecule has 1 aliphatic heterocycles. The normalized spacial score (nSPS) is 16.5. The third-order valence-corrected chi connectivity index (χ3v) is 5.07. The minimum Gasteiger partial charge on any atom is -0.496 e. The second-order valence-electron chi connectivity index (χ2n) is 6.31. The first-order valence-corrected chi connectivity index (χ1v) is 9.50. The molecule has 2 heterocycles. The third-order valence-electron chi connectivity index (χ3n) is 4.22. The highest BCUT2D eigenvalue weighted by atomic mass is 32.1. The fraction of sp³-hybridized carbons (Fsp3) is 0.444. The molecule has 1 aromatic carbocycles. The van der Waals surface area contributed by atoms with Crippen LogP contribution in [0.15, 0.2) is 22.5 Å². The second kappa shape index (κ2) is 8.26. The molecule has 3 rings (SSSR count). The molecular weight excluding hydrogens is 393 g/mol. The largest absolute Gasteiger partial charge is 0.496 e. The standard InChI is InChI=1S/C18H21F3N4O2S/c1-10-4-11-5-13(26-3)12(6-14(11)27-10)7-23-17(22-2)24-8-16-25-15(9-28-16)18(19,20)21/h5-6,9-10H,4,7-8H2,1-3H3,(H2,22,23,24). The lowest BCUT2D eigenvalue weighted by molar-refractivity contribution is -0.140. The number of guanidine groups is 1. The zero-order chi connectivity index (χ0) is 20.3. The molecule has 0 fully saturated rings. The van der Waals surface area contributed by atoms with Crippen LogP contribution < -0.4 is 20.1 Å². The van der Waals surface area contributed by atoms with Crippen molar-refractivity contribution in [3.05, 3.63) is 39.3 Å². The maximum absolute atomic E-state index is 12.6. The SMILES string of the molecule is CN=C(NCc1nc(C(F)(F)F)cs1)NCc1cc2c(cc1OC)CC(C)O2. The summed E-state index contributed by atoms with van der Waals surface area (Å²) in [6.45, 7) is 2.57. The Morgan fingerprint density at radius 3 is 2.75 bits per heavy atom. The van der Waals surface area contributed by atoms with Gasteiger partial charge in [-0.15, -0.1) is 11.3 Å². The van der Waals surface area contributed by atoms with Crippen LogP contribution in [0.25, 0.3) is 0 Å². The fourth-order valence-corrected chi connectivity index (χ4v) is 3.63. The van der Waals surface area contributed by atoms with E-state index in [0.29, 0.717) is 17.5 Å². The van der Waals surface area contributed by atoms with Crippen molar-refractivity contribution in [3.8, 4) is 11.5 Å². The number of methoxy groups -OCH3 is 1. The summed E-state index contributed by atoms with van der Waals surface area (Å²) in [5.74, 6) is 2.03. The molecule has 152 valence electrons. The number of benzene rings is 1. The number of hydrogen-bond acceptors (Lipinski definition) is 5. The van der Waals surface area contributed by atoms with Gasteiger partial charge in [-0.1, -0.05) is 0 Å². The predicted octanol–water partition coefficient (Wildman–Crippen LogP) is 3.36. The third kappa shape index (κ3) is 4.67. The Bertz CT molecular complexity index is 867. The molecule has 28 heavy (non-hydrogen) atoms. The lowest BCUT2D eigenvalue weighted by atomic mass is 10.1. The van der Waals surface area contributed by atoms with Crippen LogP contribution in [0.3, 0.4) is 0 Å². The Labute approximate surface area is 164 Å². The van der Waals surface area contributed by atoms with Gasteiger partial charge in [-0.3, -0.25) is 4.99 Å². The van der Waals surface area contributed by atoms with Gasteiger partial charge in [-0.05, 0) is 19.1 Å². The van der Waals surface area contributed by atoms with E-state index in [4.69, 9.17) is 9.47 Å². The van der Waals surface area contributed by atoms with Crippen molar-refractivity contribution in [2.24, 2.45) is 4.99 Å². The van der Waals surface area contributed by atoms with Crippen molar-refractivity contribution in [1.29, 1.82) is 0 Å². The smallest absolute Gasteiger partial charge is 0.434 e. The zero-order valence-corrected chi connectivity index (χ0v) is 16.5. The second-order valence-corrected chi connectivity index (χ2v) is 7.25. The summed E-state index contributed by atoms with van der Waals surface area (Å²) in [5.41, 5.74) is 1.13. The Kier molecular flexibility index (Phi) is 5.97. The summed E-state index contributed by atoms with van der Waals surface area (Å²) in [5, 5.41) is 7.42. The average molecular weight is 414 g/mol. The maximum Gasteiger partial charge on any atom is 0.434 e. The number of nitrogens with one attached hydrogen (secondary N) is 2. The molecule has 2 N–H and O–H groups in total. The van der Waals surface area contributed by atoms with Crippen molar-refractivity contribution < 1.29 is 22.6 Å². The van der Waals surface area contributed by atoms with Crippen molar-refractivity contribution >= 4 is 17.3 Å². The minimum atomic E-state index is -4.43. The van der Waals surface area contributed by atoms with Crippen LogP contribution in [0, 0.1) is 0 Å². The van der Waals surface area contributed by atoms with Crippen LogP contribution in [0.2, 0.25) is 0 Å². The van der Waals surface area contributed by atoms with Gasteiger partial charge >= 0.3 is 6.18 Å². The summed E-state index contributed by atoms with van der Waals surface area (Å²) in [7, 11) is 3.20. The number of ether oxygens (including phenoxy) is 2. The molecule has 1 atom stereocenters. The van der Waals surface area contributed by atoms with Crippen LogP contribution in [-0.4, -0.2) is 31.2 Å². The number of hydrogen-bond donors (Lipinski definition) is 2. The van der Waals surface area contributed by atoms with Gasteiger partial charge in [0.1, 0.15) is 22.6 Å².